The highest BCUT2D eigenvalue weighted by Crippen LogP contribution is 2.28. The molecule has 5 nitrogen and oxygen atoms in total. The Balaban J connectivity index is 2.30. The number of nitrogens with zero attached hydrogens (tertiary/aromatic N) is 3. The number of carboxylic acids is 1. The van der Waals surface area contributed by atoms with Crippen molar-refractivity contribution in [2.24, 2.45) is 0 Å². The molecule has 0 aliphatic heterocycles. The lowest BCUT2D eigenvalue weighted by Gasteiger charge is -2.04. The minimum Gasteiger partial charge on any atom is -0.478 e. The van der Waals surface area contributed by atoms with Crippen LogP contribution in [0.25, 0.3) is 16.8 Å². The number of benzene rings is 1. The Kier molecular flexibility index (Phi) is 2.97. The second-order valence-electron chi connectivity index (χ2n) is 5.12. The Morgan fingerprint density at radius 2 is 1.81 bits per heavy atom. The molecule has 3 aromatic rings. The molecule has 2 heterocycles. The first-order chi connectivity index (χ1) is 9.99. The highest BCUT2D eigenvalue weighted by Gasteiger charge is 2.17. The molecular formula is C16H15N3O2. The Labute approximate surface area is 121 Å². The molecule has 0 bridgehead atoms. The summed E-state index contributed by atoms with van der Waals surface area (Å²) in [6.07, 6.45) is 1.39. The van der Waals surface area contributed by atoms with Gasteiger partial charge in [0.05, 0.1) is 17.0 Å². The molecule has 0 aliphatic carbocycles. The number of aromatic carboxylic acids is 1. The maximum absolute atomic E-state index is 11.2. The van der Waals surface area contributed by atoms with Gasteiger partial charge in [0.2, 0.25) is 0 Å². The normalized spacial score (nSPS) is 11.0. The van der Waals surface area contributed by atoms with E-state index < -0.39 is 5.97 Å². The molecule has 0 unspecified atom stereocenters. The van der Waals surface area contributed by atoms with Crippen molar-refractivity contribution in [2.45, 2.75) is 20.8 Å². The maximum atomic E-state index is 11.2. The third kappa shape index (κ3) is 2.07. The van der Waals surface area contributed by atoms with Gasteiger partial charge in [-0.3, -0.25) is 0 Å². The highest BCUT2D eigenvalue weighted by molar-refractivity contribution is 5.89. The van der Waals surface area contributed by atoms with Crippen LogP contribution < -0.4 is 0 Å². The minimum atomic E-state index is -0.994. The summed E-state index contributed by atoms with van der Waals surface area (Å²) in [5.41, 5.74) is 5.41. The molecular weight excluding hydrogens is 266 g/mol. The smallest absolute Gasteiger partial charge is 0.339 e. The lowest BCUT2D eigenvalue weighted by Crippen LogP contribution is -2.07. The zero-order chi connectivity index (χ0) is 15.1. The van der Waals surface area contributed by atoms with Gasteiger partial charge in [0.25, 0.3) is 0 Å². The van der Waals surface area contributed by atoms with Crippen LogP contribution >= 0.6 is 0 Å². The van der Waals surface area contributed by atoms with Crippen molar-refractivity contribution >= 4 is 11.6 Å². The van der Waals surface area contributed by atoms with Crippen LogP contribution in [-0.4, -0.2) is 25.7 Å². The fourth-order valence-electron chi connectivity index (χ4n) is 2.47. The molecule has 2 aromatic heterocycles. The van der Waals surface area contributed by atoms with E-state index in [4.69, 9.17) is 5.11 Å². The minimum absolute atomic E-state index is 0.167. The van der Waals surface area contributed by atoms with Gasteiger partial charge in [-0.15, -0.1) is 0 Å². The van der Waals surface area contributed by atoms with Crippen LogP contribution in [0.4, 0.5) is 0 Å². The first kappa shape index (κ1) is 13.3. The SMILES string of the molecule is Cc1ccc(-c2c(C)nn3c(C)c(C(=O)O)cnc23)cc1. The second kappa shape index (κ2) is 4.70. The highest BCUT2D eigenvalue weighted by atomic mass is 16.4. The lowest BCUT2D eigenvalue weighted by molar-refractivity contribution is 0.0695. The Morgan fingerprint density at radius 3 is 2.43 bits per heavy atom. The Bertz CT molecular complexity index is 848. The molecule has 106 valence electrons. The van der Waals surface area contributed by atoms with Crippen LogP contribution in [0.2, 0.25) is 0 Å². The van der Waals surface area contributed by atoms with Crippen LogP contribution in [0, 0.1) is 20.8 Å². The average molecular weight is 281 g/mol. The number of fused-ring (bicyclic) bond motifs is 1. The molecule has 21 heavy (non-hydrogen) atoms. The number of aromatic nitrogens is 3. The maximum Gasteiger partial charge on any atom is 0.339 e. The molecule has 0 saturated carbocycles. The molecule has 5 heteroatoms. The third-order valence-corrected chi connectivity index (χ3v) is 3.63. The lowest BCUT2D eigenvalue weighted by atomic mass is 10.0. The quantitative estimate of drug-likeness (QED) is 0.784. The van der Waals surface area contributed by atoms with E-state index in [-0.39, 0.29) is 5.56 Å². The van der Waals surface area contributed by atoms with E-state index in [2.05, 4.69) is 10.1 Å². The van der Waals surface area contributed by atoms with E-state index >= 15 is 0 Å². The number of carbonyl (C=O) groups is 1. The van der Waals surface area contributed by atoms with Crippen LogP contribution in [0.1, 0.15) is 27.3 Å². The number of rotatable bonds is 2. The predicted octanol–water partition coefficient (Wildman–Crippen LogP) is 3.02. The predicted molar refractivity (Wildman–Crippen MR) is 79.6 cm³/mol. The van der Waals surface area contributed by atoms with Gasteiger partial charge in [-0.05, 0) is 26.3 Å². The summed E-state index contributed by atoms with van der Waals surface area (Å²) < 4.78 is 1.61. The summed E-state index contributed by atoms with van der Waals surface area (Å²) in [4.78, 5) is 15.5. The van der Waals surface area contributed by atoms with Crippen LogP contribution in [0.5, 0.6) is 0 Å². The monoisotopic (exact) mass is 281 g/mol. The van der Waals surface area contributed by atoms with Crippen molar-refractivity contribution in [3.05, 3.63) is 53.0 Å². The molecule has 1 aromatic carbocycles. The van der Waals surface area contributed by atoms with E-state index in [0.29, 0.717) is 11.3 Å². The van der Waals surface area contributed by atoms with Crippen molar-refractivity contribution < 1.29 is 9.90 Å². The van der Waals surface area contributed by atoms with Crippen LogP contribution in [0.15, 0.2) is 30.5 Å². The first-order valence-corrected chi connectivity index (χ1v) is 6.64. The summed E-state index contributed by atoms with van der Waals surface area (Å²) in [5, 5.41) is 13.6. The average Bonchev–Trinajstić information content (AvgIpc) is 2.77. The summed E-state index contributed by atoms with van der Waals surface area (Å²) >= 11 is 0. The van der Waals surface area contributed by atoms with E-state index in [1.807, 2.05) is 38.1 Å². The van der Waals surface area contributed by atoms with Gasteiger partial charge in [-0.25, -0.2) is 14.3 Å². The zero-order valence-electron chi connectivity index (χ0n) is 12.1. The fraction of sp³-hybridized carbons (Fsp3) is 0.188. The molecule has 0 spiro atoms. The van der Waals surface area contributed by atoms with E-state index in [1.54, 1.807) is 11.4 Å². The van der Waals surface area contributed by atoms with Gasteiger partial charge in [-0.2, -0.15) is 5.10 Å². The second-order valence-corrected chi connectivity index (χ2v) is 5.12. The Hall–Kier alpha value is -2.69. The van der Waals surface area contributed by atoms with Gasteiger partial charge in [0.1, 0.15) is 0 Å². The summed E-state index contributed by atoms with van der Waals surface area (Å²) in [5.74, 6) is -0.994. The van der Waals surface area contributed by atoms with E-state index in [9.17, 15) is 4.79 Å². The van der Waals surface area contributed by atoms with Gasteiger partial charge < -0.3 is 5.11 Å². The third-order valence-electron chi connectivity index (χ3n) is 3.63. The number of aryl methyl sites for hydroxylation is 3. The topological polar surface area (TPSA) is 67.5 Å². The van der Waals surface area contributed by atoms with Crippen LogP contribution in [-0.2, 0) is 0 Å². The summed E-state index contributed by atoms with van der Waals surface area (Å²) in [7, 11) is 0. The molecule has 1 N–H and O–H groups in total. The number of carboxylic acid groups (broad SMARTS) is 1. The number of hydrogen-bond donors (Lipinski definition) is 1. The molecule has 0 saturated heterocycles. The Morgan fingerprint density at radius 1 is 1.14 bits per heavy atom. The summed E-state index contributed by atoms with van der Waals surface area (Å²) in [6, 6.07) is 8.14. The van der Waals surface area contributed by atoms with Crippen molar-refractivity contribution in [3.8, 4) is 11.1 Å². The van der Waals surface area contributed by atoms with Crippen molar-refractivity contribution in [3.63, 3.8) is 0 Å². The van der Waals surface area contributed by atoms with Crippen molar-refractivity contribution in [1.82, 2.24) is 14.6 Å². The summed E-state index contributed by atoms with van der Waals surface area (Å²) in [6.45, 7) is 5.68. The number of hydrogen-bond acceptors (Lipinski definition) is 3. The first-order valence-electron chi connectivity index (χ1n) is 6.64. The standard InChI is InChI=1S/C16H15N3O2/c1-9-4-6-12(7-5-9)14-10(2)18-19-11(3)13(16(20)21)8-17-15(14)19/h4-8H,1-3H3,(H,20,21). The van der Waals surface area contributed by atoms with Crippen LogP contribution in [0.3, 0.4) is 0 Å². The molecule has 0 amide bonds. The molecule has 3 rings (SSSR count). The molecule has 0 radical (unpaired) electrons. The molecule has 0 atom stereocenters. The molecule has 0 aliphatic rings. The van der Waals surface area contributed by atoms with E-state index in [0.717, 1.165) is 16.8 Å². The van der Waals surface area contributed by atoms with E-state index in [1.165, 1.54) is 11.8 Å². The fourth-order valence-corrected chi connectivity index (χ4v) is 2.47. The van der Waals surface area contributed by atoms with Gasteiger partial charge in [0, 0.05) is 11.8 Å². The zero-order valence-corrected chi connectivity index (χ0v) is 12.1. The van der Waals surface area contributed by atoms with Gasteiger partial charge in [-0.1, -0.05) is 29.8 Å². The van der Waals surface area contributed by atoms with Gasteiger partial charge >= 0.3 is 5.97 Å². The molecule has 0 fully saturated rings. The largest absolute Gasteiger partial charge is 0.478 e. The van der Waals surface area contributed by atoms with Crippen molar-refractivity contribution in [2.75, 3.05) is 0 Å². The van der Waals surface area contributed by atoms with Crippen molar-refractivity contribution in [1.29, 1.82) is 0 Å². The van der Waals surface area contributed by atoms with Gasteiger partial charge in [0.15, 0.2) is 5.65 Å².